The minimum absolute atomic E-state index is 0.154. The van der Waals surface area contributed by atoms with Crippen molar-refractivity contribution >= 4 is 11.6 Å². The Hall–Kier alpha value is -1.53. The number of anilines is 2. The van der Waals surface area contributed by atoms with Crippen molar-refractivity contribution in [1.82, 2.24) is 9.97 Å². The Morgan fingerprint density at radius 2 is 2.00 bits per heavy atom. The second kappa shape index (κ2) is 4.29. The van der Waals surface area contributed by atoms with E-state index in [2.05, 4.69) is 16.9 Å². The Labute approximate surface area is 103 Å². The van der Waals surface area contributed by atoms with Crippen LogP contribution in [0.3, 0.4) is 0 Å². The molecule has 1 aromatic heterocycles. The number of nitrogens with zero attached hydrogens (tertiary/aromatic N) is 3. The van der Waals surface area contributed by atoms with Crippen molar-refractivity contribution in [1.29, 1.82) is 0 Å². The Kier molecular flexibility index (Phi) is 3.08. The van der Waals surface area contributed by atoms with E-state index in [1.165, 1.54) is 6.07 Å². The number of hydrogen-bond acceptors (Lipinski definition) is 4. The van der Waals surface area contributed by atoms with Crippen molar-refractivity contribution in [2.45, 2.75) is 32.5 Å². The summed E-state index contributed by atoms with van der Waals surface area (Å²) in [4.78, 5) is 8.66. The average molecular weight is 260 g/mol. The van der Waals surface area contributed by atoms with Crippen molar-refractivity contribution in [3.8, 4) is 0 Å². The van der Waals surface area contributed by atoms with E-state index < -0.39 is 12.0 Å². The second-order valence-corrected chi connectivity index (χ2v) is 4.81. The van der Waals surface area contributed by atoms with Gasteiger partial charge < -0.3 is 10.6 Å². The largest absolute Gasteiger partial charge is 0.451 e. The van der Waals surface area contributed by atoms with Gasteiger partial charge in [-0.2, -0.15) is 13.2 Å². The average Bonchev–Trinajstić information content (AvgIpc) is 2.55. The number of nitrogens with two attached hydrogens (primary N) is 1. The normalized spacial score (nSPS) is 24.6. The minimum atomic E-state index is -4.57. The van der Waals surface area contributed by atoms with Crippen LogP contribution >= 0.6 is 0 Å². The first-order chi connectivity index (χ1) is 8.27. The molecule has 1 aliphatic rings. The van der Waals surface area contributed by atoms with Crippen LogP contribution < -0.4 is 10.6 Å². The molecule has 1 aliphatic heterocycles. The molecule has 0 radical (unpaired) electrons. The van der Waals surface area contributed by atoms with Crippen molar-refractivity contribution < 1.29 is 13.2 Å². The Morgan fingerprint density at radius 3 is 2.50 bits per heavy atom. The molecule has 2 rings (SSSR count). The van der Waals surface area contributed by atoms with Crippen LogP contribution in [0.1, 0.15) is 26.1 Å². The summed E-state index contributed by atoms with van der Waals surface area (Å²) in [5.74, 6) is -0.638. The molecule has 2 N–H and O–H groups in total. The summed E-state index contributed by atoms with van der Waals surface area (Å²) in [6.07, 6.45) is -3.63. The van der Waals surface area contributed by atoms with Gasteiger partial charge in [0.15, 0.2) is 0 Å². The van der Waals surface area contributed by atoms with E-state index in [0.717, 1.165) is 6.42 Å². The molecule has 2 heterocycles. The molecule has 7 heteroatoms. The molecule has 2 unspecified atom stereocenters. The second-order valence-electron chi connectivity index (χ2n) is 4.81. The number of nitrogen functional groups attached to an aromatic ring is 1. The predicted octanol–water partition coefficient (Wildman–Crippen LogP) is 2.31. The number of hydrogen-bond donors (Lipinski definition) is 1. The molecule has 1 saturated heterocycles. The maximum Gasteiger partial charge on any atom is 0.451 e. The fourth-order valence-electron chi connectivity index (χ4n) is 2.35. The third-order valence-corrected chi connectivity index (χ3v) is 3.06. The zero-order valence-electron chi connectivity index (χ0n) is 10.2. The predicted molar refractivity (Wildman–Crippen MR) is 62.0 cm³/mol. The molecule has 0 bridgehead atoms. The molecule has 0 saturated carbocycles. The van der Waals surface area contributed by atoms with Gasteiger partial charge in [0, 0.05) is 18.7 Å². The van der Waals surface area contributed by atoms with Gasteiger partial charge in [0.05, 0.1) is 0 Å². The number of rotatable bonds is 1. The van der Waals surface area contributed by atoms with Crippen LogP contribution in [0.5, 0.6) is 0 Å². The van der Waals surface area contributed by atoms with Crippen molar-refractivity contribution in [2.75, 3.05) is 17.2 Å². The summed E-state index contributed by atoms with van der Waals surface area (Å²) in [7, 11) is 0. The van der Waals surface area contributed by atoms with Gasteiger partial charge in [-0.3, -0.25) is 0 Å². The van der Waals surface area contributed by atoms with Crippen LogP contribution in [-0.4, -0.2) is 22.6 Å². The highest BCUT2D eigenvalue weighted by Crippen LogP contribution is 2.32. The van der Waals surface area contributed by atoms with Crippen LogP contribution in [0, 0.1) is 5.92 Å². The molecule has 0 spiro atoms. The van der Waals surface area contributed by atoms with Gasteiger partial charge in [0.25, 0.3) is 0 Å². The van der Waals surface area contributed by atoms with Gasteiger partial charge >= 0.3 is 6.18 Å². The molecule has 100 valence electrons. The maximum atomic E-state index is 12.6. The van der Waals surface area contributed by atoms with Crippen LogP contribution in [-0.2, 0) is 6.18 Å². The number of halogens is 3. The molecular formula is C11H15F3N4. The molecule has 1 aromatic rings. The van der Waals surface area contributed by atoms with E-state index in [9.17, 15) is 13.2 Å². The van der Waals surface area contributed by atoms with Crippen LogP contribution in [0.4, 0.5) is 24.8 Å². The van der Waals surface area contributed by atoms with Gasteiger partial charge in [-0.15, -0.1) is 0 Å². The lowest BCUT2D eigenvalue weighted by Gasteiger charge is -2.23. The summed E-state index contributed by atoms with van der Waals surface area (Å²) in [5, 5.41) is 0. The van der Waals surface area contributed by atoms with Gasteiger partial charge in [-0.25, -0.2) is 9.97 Å². The Bertz CT molecular complexity index is 446. The van der Waals surface area contributed by atoms with Gasteiger partial charge in [-0.05, 0) is 19.3 Å². The quantitative estimate of drug-likeness (QED) is 0.841. The topological polar surface area (TPSA) is 55.0 Å². The Morgan fingerprint density at radius 1 is 1.33 bits per heavy atom. The molecule has 18 heavy (non-hydrogen) atoms. The molecule has 1 fully saturated rings. The summed E-state index contributed by atoms with van der Waals surface area (Å²) in [5.41, 5.74) is 5.43. The summed E-state index contributed by atoms with van der Waals surface area (Å²) in [6.45, 7) is 4.72. The van der Waals surface area contributed by atoms with E-state index in [-0.39, 0.29) is 17.7 Å². The smallest absolute Gasteiger partial charge is 0.384 e. The van der Waals surface area contributed by atoms with Crippen molar-refractivity contribution in [3.63, 3.8) is 0 Å². The number of aromatic nitrogens is 2. The highest BCUT2D eigenvalue weighted by Gasteiger charge is 2.36. The van der Waals surface area contributed by atoms with Crippen molar-refractivity contribution in [3.05, 3.63) is 11.9 Å². The van der Waals surface area contributed by atoms with E-state index in [0.29, 0.717) is 12.5 Å². The molecule has 0 aromatic carbocycles. The molecule has 2 atom stereocenters. The lowest BCUT2D eigenvalue weighted by atomic mass is 10.1. The fraction of sp³-hybridized carbons (Fsp3) is 0.636. The molecule has 4 nitrogen and oxygen atoms in total. The van der Waals surface area contributed by atoms with Crippen LogP contribution in [0.2, 0.25) is 0 Å². The van der Waals surface area contributed by atoms with Gasteiger partial charge in [0.2, 0.25) is 5.82 Å². The summed E-state index contributed by atoms with van der Waals surface area (Å²) in [6, 6.07) is 1.56. The van der Waals surface area contributed by atoms with Crippen LogP contribution in [0.25, 0.3) is 0 Å². The highest BCUT2D eigenvalue weighted by atomic mass is 19.4. The first kappa shape index (κ1) is 12.9. The fourth-order valence-corrected chi connectivity index (χ4v) is 2.35. The summed E-state index contributed by atoms with van der Waals surface area (Å²) >= 11 is 0. The minimum Gasteiger partial charge on any atom is -0.384 e. The highest BCUT2D eigenvalue weighted by molar-refractivity contribution is 5.48. The van der Waals surface area contributed by atoms with Gasteiger partial charge in [0.1, 0.15) is 11.6 Å². The third-order valence-electron chi connectivity index (χ3n) is 3.06. The molecule has 0 aliphatic carbocycles. The third kappa shape index (κ3) is 2.49. The zero-order valence-corrected chi connectivity index (χ0v) is 10.2. The zero-order chi connectivity index (χ0) is 13.5. The van der Waals surface area contributed by atoms with E-state index in [1.807, 2.05) is 11.8 Å². The summed E-state index contributed by atoms with van der Waals surface area (Å²) < 4.78 is 37.8. The SMILES string of the molecule is CC1CC(C)N(c2cc(N)nc(C(F)(F)F)n2)C1. The van der Waals surface area contributed by atoms with E-state index in [4.69, 9.17) is 5.73 Å². The number of alkyl halides is 3. The first-order valence-electron chi connectivity index (χ1n) is 5.75. The monoisotopic (exact) mass is 260 g/mol. The van der Waals surface area contributed by atoms with Crippen LogP contribution in [0.15, 0.2) is 6.07 Å². The molecular weight excluding hydrogens is 245 g/mol. The lowest BCUT2D eigenvalue weighted by Crippen LogP contribution is -2.29. The molecule has 0 amide bonds. The van der Waals surface area contributed by atoms with E-state index >= 15 is 0 Å². The Balaban J connectivity index is 2.37. The maximum absolute atomic E-state index is 12.6. The first-order valence-corrected chi connectivity index (χ1v) is 5.75. The van der Waals surface area contributed by atoms with Crippen molar-refractivity contribution in [2.24, 2.45) is 5.92 Å². The van der Waals surface area contributed by atoms with Gasteiger partial charge in [-0.1, -0.05) is 6.92 Å². The van der Waals surface area contributed by atoms with E-state index in [1.54, 1.807) is 0 Å². The standard InChI is InChI=1S/C11H15F3N4/c1-6-3-7(2)18(5-6)9-4-8(15)16-10(17-9)11(12,13)14/h4,6-7H,3,5H2,1-2H3,(H2,15,16,17). The lowest BCUT2D eigenvalue weighted by molar-refractivity contribution is -0.144.